The molecule has 0 N–H and O–H groups in total. The lowest BCUT2D eigenvalue weighted by Gasteiger charge is -2.28. The number of alkyl halides is 1. The molecule has 1 fully saturated rings. The molecule has 1 aromatic carbocycles. The van der Waals surface area contributed by atoms with Crippen LogP contribution in [-0.4, -0.2) is 13.1 Å². The van der Waals surface area contributed by atoms with Crippen molar-refractivity contribution in [1.29, 1.82) is 0 Å². The van der Waals surface area contributed by atoms with Crippen molar-refractivity contribution >= 4 is 33.2 Å². The van der Waals surface area contributed by atoms with E-state index in [1.54, 1.807) is 0 Å². The summed E-state index contributed by atoms with van der Waals surface area (Å²) in [7, 11) is 2.20. The summed E-state index contributed by atoms with van der Waals surface area (Å²) in [5, 5.41) is 1.68. The van der Waals surface area contributed by atoms with Crippen LogP contribution < -0.4 is 4.90 Å². The van der Waals surface area contributed by atoms with E-state index in [0.717, 1.165) is 10.4 Å². The van der Waals surface area contributed by atoms with Crippen LogP contribution in [0.4, 0.5) is 5.69 Å². The van der Waals surface area contributed by atoms with Crippen LogP contribution >= 0.6 is 27.5 Å². The molecule has 0 aromatic heterocycles. The molecule has 1 aliphatic carbocycles. The molecule has 0 atom stereocenters. The highest BCUT2D eigenvalue weighted by Crippen LogP contribution is 2.31. The molecule has 3 heteroatoms. The van der Waals surface area contributed by atoms with Gasteiger partial charge in [0.25, 0.3) is 0 Å². The third-order valence-corrected chi connectivity index (χ3v) is 4.28. The van der Waals surface area contributed by atoms with Gasteiger partial charge in [0.15, 0.2) is 0 Å². The molecule has 1 nitrogen and oxygen atoms in total. The first-order chi connectivity index (χ1) is 7.72. The third kappa shape index (κ3) is 2.54. The molecule has 0 aliphatic heterocycles. The number of rotatable bonds is 3. The number of hydrogen-bond donors (Lipinski definition) is 0. The Hall–Kier alpha value is -0.210. The van der Waals surface area contributed by atoms with E-state index in [0.29, 0.717) is 6.04 Å². The molecule has 1 aromatic rings. The topological polar surface area (TPSA) is 3.24 Å². The summed E-state index contributed by atoms with van der Waals surface area (Å²) < 4.78 is 0. The molecule has 16 heavy (non-hydrogen) atoms. The van der Waals surface area contributed by atoms with E-state index < -0.39 is 0 Å². The predicted octanol–water partition coefficient (Wildman–Crippen LogP) is 4.61. The van der Waals surface area contributed by atoms with Crippen LogP contribution in [-0.2, 0) is 5.33 Å². The van der Waals surface area contributed by atoms with Gasteiger partial charge in [0.2, 0.25) is 0 Å². The van der Waals surface area contributed by atoms with Gasteiger partial charge < -0.3 is 4.90 Å². The zero-order chi connectivity index (χ0) is 11.5. The maximum Gasteiger partial charge on any atom is 0.0410 e. The van der Waals surface area contributed by atoms with Gasteiger partial charge in [-0.2, -0.15) is 0 Å². The minimum atomic E-state index is 0.707. The summed E-state index contributed by atoms with van der Waals surface area (Å²) in [6.07, 6.45) is 5.38. The fourth-order valence-electron chi connectivity index (χ4n) is 2.49. The highest BCUT2D eigenvalue weighted by molar-refractivity contribution is 9.08. The van der Waals surface area contributed by atoms with Crippen molar-refractivity contribution in [3.05, 3.63) is 28.8 Å². The summed E-state index contributed by atoms with van der Waals surface area (Å²) in [5.74, 6) is 0. The summed E-state index contributed by atoms with van der Waals surface area (Å²) in [6, 6.07) is 6.88. The van der Waals surface area contributed by atoms with Gasteiger partial charge in [-0.05, 0) is 36.6 Å². The molecule has 0 unspecified atom stereocenters. The monoisotopic (exact) mass is 301 g/mol. The molecule has 0 radical (unpaired) electrons. The van der Waals surface area contributed by atoms with Crippen molar-refractivity contribution in [2.75, 3.05) is 11.9 Å². The molecule has 1 aliphatic rings. The molecule has 1 saturated carbocycles. The Balaban J connectivity index is 2.24. The molecule has 2 rings (SSSR count). The Kier molecular flexibility index (Phi) is 4.15. The lowest BCUT2D eigenvalue weighted by molar-refractivity contribution is 0.652. The number of nitrogens with zero attached hydrogens (tertiary/aromatic N) is 1. The minimum Gasteiger partial charge on any atom is -0.371 e. The molecule has 0 bridgehead atoms. The molecular formula is C13H17BrClN. The largest absolute Gasteiger partial charge is 0.371 e. The molecule has 0 spiro atoms. The van der Waals surface area contributed by atoms with Gasteiger partial charge >= 0.3 is 0 Å². The van der Waals surface area contributed by atoms with Crippen LogP contribution in [0.3, 0.4) is 0 Å². The summed E-state index contributed by atoms with van der Waals surface area (Å²) in [6.45, 7) is 0. The Morgan fingerprint density at radius 2 is 2.06 bits per heavy atom. The Morgan fingerprint density at radius 1 is 1.38 bits per heavy atom. The van der Waals surface area contributed by atoms with Crippen molar-refractivity contribution < 1.29 is 0 Å². The number of halogens is 2. The molecular weight excluding hydrogens is 286 g/mol. The first-order valence-electron chi connectivity index (χ1n) is 5.79. The molecule has 88 valence electrons. The van der Waals surface area contributed by atoms with Crippen molar-refractivity contribution in [2.45, 2.75) is 37.1 Å². The van der Waals surface area contributed by atoms with E-state index in [1.165, 1.54) is 36.9 Å². The number of anilines is 1. The fraction of sp³-hybridized carbons (Fsp3) is 0.538. The van der Waals surface area contributed by atoms with Crippen molar-refractivity contribution in [1.82, 2.24) is 0 Å². The average molecular weight is 303 g/mol. The molecule has 0 saturated heterocycles. The van der Waals surface area contributed by atoms with Crippen LogP contribution in [0, 0.1) is 0 Å². The SMILES string of the molecule is CN(c1ccc(Cl)cc1CBr)C1CCCC1. The zero-order valence-corrected chi connectivity index (χ0v) is 11.9. The highest BCUT2D eigenvalue weighted by atomic mass is 79.9. The Morgan fingerprint density at radius 3 is 2.69 bits per heavy atom. The van der Waals surface area contributed by atoms with Gasteiger partial charge in [-0.25, -0.2) is 0 Å². The lowest BCUT2D eigenvalue weighted by Crippen LogP contribution is -2.29. The fourth-order valence-corrected chi connectivity index (χ4v) is 3.14. The molecule has 0 heterocycles. The van der Waals surface area contributed by atoms with E-state index >= 15 is 0 Å². The summed E-state index contributed by atoms with van der Waals surface area (Å²) in [4.78, 5) is 2.42. The van der Waals surface area contributed by atoms with Crippen molar-refractivity contribution in [3.63, 3.8) is 0 Å². The van der Waals surface area contributed by atoms with Gasteiger partial charge in [0.05, 0.1) is 0 Å². The van der Waals surface area contributed by atoms with Gasteiger partial charge in [-0.15, -0.1) is 0 Å². The van der Waals surface area contributed by atoms with Crippen LogP contribution in [0.25, 0.3) is 0 Å². The second kappa shape index (κ2) is 5.42. The van der Waals surface area contributed by atoms with E-state index in [-0.39, 0.29) is 0 Å². The van der Waals surface area contributed by atoms with E-state index in [9.17, 15) is 0 Å². The second-order valence-electron chi connectivity index (χ2n) is 4.46. The van der Waals surface area contributed by atoms with Crippen molar-refractivity contribution in [2.24, 2.45) is 0 Å². The van der Waals surface area contributed by atoms with Gasteiger partial charge in [-0.3, -0.25) is 0 Å². The summed E-state index contributed by atoms with van der Waals surface area (Å²) >= 11 is 9.55. The second-order valence-corrected chi connectivity index (χ2v) is 5.45. The lowest BCUT2D eigenvalue weighted by atomic mass is 10.1. The first kappa shape index (κ1) is 12.3. The first-order valence-corrected chi connectivity index (χ1v) is 7.29. The van der Waals surface area contributed by atoms with Crippen LogP contribution in [0.15, 0.2) is 18.2 Å². The average Bonchev–Trinajstić information content (AvgIpc) is 2.81. The quantitative estimate of drug-likeness (QED) is 0.737. The number of benzene rings is 1. The van der Waals surface area contributed by atoms with Gasteiger partial charge in [-0.1, -0.05) is 40.4 Å². The Bertz CT molecular complexity index is 361. The van der Waals surface area contributed by atoms with Crippen molar-refractivity contribution in [3.8, 4) is 0 Å². The predicted molar refractivity (Wildman–Crippen MR) is 74.7 cm³/mol. The molecule has 0 amide bonds. The van der Waals surface area contributed by atoms with Gasteiger partial charge in [0.1, 0.15) is 0 Å². The van der Waals surface area contributed by atoms with E-state index in [4.69, 9.17) is 11.6 Å². The standard InChI is InChI=1S/C13H17BrClN/c1-16(12-4-2-3-5-12)13-7-6-11(15)8-10(13)9-14/h6-8,12H,2-5,9H2,1H3. The Labute approximate surface area is 111 Å². The van der Waals surface area contributed by atoms with E-state index in [2.05, 4.69) is 40.0 Å². The summed E-state index contributed by atoms with van der Waals surface area (Å²) in [5.41, 5.74) is 2.59. The smallest absolute Gasteiger partial charge is 0.0410 e. The third-order valence-electron chi connectivity index (χ3n) is 3.44. The van der Waals surface area contributed by atoms with E-state index in [1.807, 2.05) is 6.07 Å². The zero-order valence-electron chi connectivity index (χ0n) is 9.55. The normalized spacial score (nSPS) is 16.7. The van der Waals surface area contributed by atoms with Crippen LogP contribution in [0.2, 0.25) is 5.02 Å². The minimum absolute atomic E-state index is 0.707. The number of hydrogen-bond acceptors (Lipinski definition) is 1. The maximum absolute atomic E-state index is 6.02. The highest BCUT2D eigenvalue weighted by Gasteiger charge is 2.21. The van der Waals surface area contributed by atoms with Crippen LogP contribution in [0.1, 0.15) is 31.2 Å². The van der Waals surface area contributed by atoms with Gasteiger partial charge in [0, 0.05) is 29.1 Å². The maximum atomic E-state index is 6.02. The van der Waals surface area contributed by atoms with Crippen LogP contribution in [0.5, 0.6) is 0 Å².